The fourth-order valence-corrected chi connectivity index (χ4v) is 2.99. The van der Waals surface area contributed by atoms with E-state index in [4.69, 9.17) is 44.5 Å². The first-order valence-corrected chi connectivity index (χ1v) is 11.3. The third kappa shape index (κ3) is 14.1. The van der Waals surface area contributed by atoms with Crippen molar-refractivity contribution in [3.63, 3.8) is 0 Å². The predicted octanol–water partition coefficient (Wildman–Crippen LogP) is -2.70. The molecule has 1 heterocycles. The predicted molar refractivity (Wildman–Crippen MR) is 117 cm³/mol. The molecule has 0 bridgehead atoms. The number of rotatable bonds is 17. The smallest absolute Gasteiger partial charge is 0.309 e. The maximum Gasteiger partial charge on any atom is 0.309 e. The second kappa shape index (κ2) is 17.9. The largest absolute Gasteiger partial charge is 0.762 e. The zero-order chi connectivity index (χ0) is 30.4. The van der Waals surface area contributed by atoms with Crippen molar-refractivity contribution < 1.29 is 68.8 Å². The van der Waals surface area contributed by atoms with Gasteiger partial charge in [-0.2, -0.15) is 0 Å². The SMILES string of the molecule is O=C(CCN([O-])O)OC[C@H]1O[C@@H](OC(=O)CCN([O-])O)[C@H](OC(=O)CCN([O-])O)[C@@H](OC(=O)CCN([O-])O)[C@@H]1O. The topological polar surface area (TPSA) is 321 Å². The second-order valence-corrected chi connectivity index (χ2v) is 7.92. The second-order valence-electron chi connectivity index (χ2n) is 7.92. The van der Waals surface area contributed by atoms with Gasteiger partial charge in [-0.15, -0.1) is 0 Å². The lowest BCUT2D eigenvalue weighted by Gasteiger charge is -2.42. The van der Waals surface area contributed by atoms with Crippen molar-refractivity contribution in [2.24, 2.45) is 0 Å². The highest BCUT2D eigenvalue weighted by Gasteiger charge is 2.51. The highest BCUT2D eigenvalue weighted by atomic mass is 16.8. The third-order valence-corrected chi connectivity index (χ3v) is 4.84. The van der Waals surface area contributed by atoms with Gasteiger partial charge in [0.05, 0.1) is 25.7 Å². The summed E-state index contributed by atoms with van der Waals surface area (Å²) in [5.74, 6) is -4.80. The standard InChI is InChI=1S/C18H28N4O18/c23-11(1-5-19(28)29)36-9-10-15(27)16(38-12(24)2-6-20(30)31)17(39-13(25)3-7-21(32)33)18(37-10)40-14(26)4-8-22(34)35/h10,15-18,27-28,30,32,34H,1-9H2/q-4/t10-,15-,16+,17-,18+/m1/s1. The van der Waals surface area contributed by atoms with Gasteiger partial charge in [-0.05, 0) is 0 Å². The number of nitrogens with zero attached hydrogens (tertiary/aromatic N) is 4. The van der Waals surface area contributed by atoms with Crippen LogP contribution >= 0.6 is 0 Å². The van der Waals surface area contributed by atoms with Crippen molar-refractivity contribution >= 4 is 23.9 Å². The van der Waals surface area contributed by atoms with Gasteiger partial charge in [0.2, 0.25) is 12.4 Å². The molecule has 5 atom stereocenters. The maximum absolute atomic E-state index is 12.2. The summed E-state index contributed by atoms with van der Waals surface area (Å²) >= 11 is 0. The average molecular weight is 588 g/mol. The molecule has 0 aromatic carbocycles. The fourth-order valence-electron chi connectivity index (χ4n) is 2.99. The van der Waals surface area contributed by atoms with E-state index in [1.807, 2.05) is 0 Å². The number of ether oxygens (including phenoxy) is 5. The van der Waals surface area contributed by atoms with Crippen LogP contribution in [0.5, 0.6) is 0 Å². The Hall–Kier alpha value is -2.68. The van der Waals surface area contributed by atoms with Crippen LogP contribution in [0.3, 0.4) is 0 Å². The van der Waals surface area contributed by atoms with Gasteiger partial charge in [-0.3, -0.25) is 40.1 Å². The summed E-state index contributed by atoms with van der Waals surface area (Å²) in [6.07, 6.45) is -12.5. The molecule has 232 valence electrons. The Kier molecular flexibility index (Phi) is 15.8. The molecule has 0 aliphatic carbocycles. The van der Waals surface area contributed by atoms with E-state index in [9.17, 15) is 45.1 Å². The van der Waals surface area contributed by atoms with Gasteiger partial charge in [0.15, 0.2) is 6.10 Å². The molecule has 0 aromatic rings. The first kappa shape index (κ1) is 35.3. The summed E-state index contributed by atoms with van der Waals surface area (Å²) in [4.78, 5) is 48.5. The third-order valence-electron chi connectivity index (χ3n) is 4.84. The number of hydrogen-bond donors (Lipinski definition) is 5. The first-order valence-electron chi connectivity index (χ1n) is 11.3. The highest BCUT2D eigenvalue weighted by molar-refractivity contribution is 5.72. The molecule has 0 saturated carbocycles. The summed E-state index contributed by atoms with van der Waals surface area (Å²) in [6, 6.07) is 0. The van der Waals surface area contributed by atoms with Crippen LogP contribution < -0.4 is 0 Å². The number of aliphatic hydroxyl groups is 1. The van der Waals surface area contributed by atoms with Crippen LogP contribution in [-0.2, 0) is 42.9 Å². The van der Waals surface area contributed by atoms with Crippen molar-refractivity contribution in [3.8, 4) is 0 Å². The van der Waals surface area contributed by atoms with E-state index >= 15 is 0 Å². The summed E-state index contributed by atoms with van der Waals surface area (Å²) in [5, 5.41) is 85.7. The molecule has 0 radical (unpaired) electrons. The Morgan fingerprint density at radius 1 is 0.625 bits per heavy atom. The lowest BCUT2D eigenvalue weighted by Crippen LogP contribution is -2.62. The Balaban J connectivity index is 3.21. The van der Waals surface area contributed by atoms with E-state index < -0.39 is 134 Å². The molecule has 1 aliphatic rings. The zero-order valence-electron chi connectivity index (χ0n) is 20.6. The molecule has 0 amide bonds. The minimum absolute atomic E-state index is 0.551. The molecule has 1 fully saturated rings. The monoisotopic (exact) mass is 588 g/mol. The Morgan fingerprint density at radius 2 is 1.00 bits per heavy atom. The first-order chi connectivity index (χ1) is 18.7. The fraction of sp³-hybridized carbons (Fsp3) is 0.778. The van der Waals surface area contributed by atoms with Crippen molar-refractivity contribution in [1.82, 2.24) is 20.9 Å². The highest BCUT2D eigenvalue weighted by Crippen LogP contribution is 2.28. The molecule has 1 aliphatic heterocycles. The van der Waals surface area contributed by atoms with Crippen molar-refractivity contribution in [2.75, 3.05) is 32.8 Å². The minimum atomic E-state index is -2.04. The van der Waals surface area contributed by atoms with Crippen LogP contribution in [0.2, 0.25) is 0 Å². The molecular formula is C18H28N4O18-4. The number of carbonyl (C=O) groups is 4. The maximum atomic E-state index is 12.2. The van der Waals surface area contributed by atoms with E-state index in [1.54, 1.807) is 0 Å². The molecule has 0 spiro atoms. The van der Waals surface area contributed by atoms with Crippen LogP contribution in [-0.4, -0.2) is 134 Å². The van der Waals surface area contributed by atoms with Crippen LogP contribution in [0.1, 0.15) is 25.7 Å². The van der Waals surface area contributed by atoms with Gasteiger partial charge in [0.25, 0.3) is 0 Å². The molecule has 1 saturated heterocycles. The lowest BCUT2D eigenvalue weighted by molar-refractivity contribution is -0.299. The van der Waals surface area contributed by atoms with E-state index in [2.05, 4.69) is 0 Å². The summed E-state index contributed by atoms with van der Waals surface area (Å²) in [6.45, 7) is -3.86. The van der Waals surface area contributed by atoms with Gasteiger partial charge in [0.1, 0.15) is 18.8 Å². The lowest BCUT2D eigenvalue weighted by atomic mass is 9.98. The Labute approximate surface area is 224 Å². The molecule has 40 heavy (non-hydrogen) atoms. The van der Waals surface area contributed by atoms with Gasteiger partial charge in [0, 0.05) is 26.2 Å². The molecule has 1 rings (SSSR count). The molecule has 0 unspecified atom stereocenters. The zero-order valence-corrected chi connectivity index (χ0v) is 20.6. The van der Waals surface area contributed by atoms with Gasteiger partial charge in [-0.1, -0.05) is 0 Å². The number of hydroxylamine groups is 8. The van der Waals surface area contributed by atoms with Crippen molar-refractivity contribution in [2.45, 2.75) is 56.4 Å². The number of carbonyl (C=O) groups excluding carboxylic acids is 4. The number of aliphatic hydroxyl groups excluding tert-OH is 1. The van der Waals surface area contributed by atoms with Gasteiger partial charge >= 0.3 is 23.9 Å². The normalized spacial score (nSPS) is 23.0. The van der Waals surface area contributed by atoms with Crippen LogP contribution in [0, 0.1) is 20.8 Å². The summed E-state index contributed by atoms with van der Waals surface area (Å²) < 4.78 is 25.3. The van der Waals surface area contributed by atoms with Crippen molar-refractivity contribution in [1.29, 1.82) is 0 Å². The number of esters is 4. The molecule has 0 aromatic heterocycles. The van der Waals surface area contributed by atoms with Crippen LogP contribution in [0.25, 0.3) is 0 Å². The molecule has 22 nitrogen and oxygen atoms in total. The molecule has 5 N–H and O–H groups in total. The summed E-state index contributed by atoms with van der Waals surface area (Å²) in [7, 11) is 0. The van der Waals surface area contributed by atoms with Crippen molar-refractivity contribution in [3.05, 3.63) is 20.8 Å². The van der Waals surface area contributed by atoms with E-state index in [-0.39, 0.29) is 0 Å². The van der Waals surface area contributed by atoms with E-state index in [1.165, 1.54) is 0 Å². The minimum Gasteiger partial charge on any atom is -0.762 e. The van der Waals surface area contributed by atoms with E-state index in [0.29, 0.717) is 0 Å². The van der Waals surface area contributed by atoms with Crippen LogP contribution in [0.15, 0.2) is 0 Å². The van der Waals surface area contributed by atoms with Gasteiger partial charge in [-0.25, -0.2) is 0 Å². The Morgan fingerprint density at radius 3 is 1.43 bits per heavy atom. The van der Waals surface area contributed by atoms with Gasteiger partial charge < -0.3 is 70.4 Å². The number of hydrogen-bond acceptors (Lipinski definition) is 22. The molecular weight excluding hydrogens is 560 g/mol. The van der Waals surface area contributed by atoms with E-state index in [0.717, 1.165) is 0 Å². The Bertz CT molecular complexity index is 814. The van der Waals surface area contributed by atoms with Crippen LogP contribution in [0.4, 0.5) is 0 Å². The summed E-state index contributed by atoms with van der Waals surface area (Å²) in [5.41, 5.74) is 0. The quantitative estimate of drug-likeness (QED) is 0.0655. The average Bonchev–Trinajstić information content (AvgIpc) is 2.86. The molecule has 22 heteroatoms.